The minimum atomic E-state index is -0.00343. The lowest BCUT2D eigenvalue weighted by molar-refractivity contribution is -0.113. The van der Waals surface area contributed by atoms with Gasteiger partial charge in [-0.3, -0.25) is 4.79 Å². The number of thioether (sulfide) groups is 1. The lowest BCUT2D eigenvalue weighted by Gasteiger charge is -2.10. The first kappa shape index (κ1) is 18.4. The number of hydrogen-bond acceptors (Lipinski definition) is 5. The third-order valence-corrected chi connectivity index (χ3v) is 7.03. The van der Waals surface area contributed by atoms with Crippen molar-refractivity contribution < 1.29 is 4.79 Å². The second-order valence-electron chi connectivity index (χ2n) is 7.28. The van der Waals surface area contributed by atoms with Crippen LogP contribution in [0.25, 0.3) is 10.2 Å². The van der Waals surface area contributed by atoms with E-state index in [0.717, 1.165) is 32.3 Å². The van der Waals surface area contributed by atoms with Gasteiger partial charge in [-0.1, -0.05) is 29.5 Å². The summed E-state index contributed by atoms with van der Waals surface area (Å²) in [7, 11) is 0. The molecule has 3 aromatic rings. The van der Waals surface area contributed by atoms with Crippen LogP contribution in [0.5, 0.6) is 0 Å². The van der Waals surface area contributed by atoms with E-state index in [-0.39, 0.29) is 5.91 Å². The molecule has 1 amide bonds. The predicted octanol–water partition coefficient (Wildman–Crippen LogP) is 5.53. The van der Waals surface area contributed by atoms with Gasteiger partial charge in [0.15, 0.2) is 0 Å². The summed E-state index contributed by atoms with van der Waals surface area (Å²) in [6.45, 7) is 8.31. The number of amides is 1. The van der Waals surface area contributed by atoms with Crippen LogP contribution in [-0.2, 0) is 4.79 Å². The number of aromatic nitrogens is 2. The normalized spacial score (nSPS) is 13.9. The fourth-order valence-electron chi connectivity index (χ4n) is 3.13. The zero-order chi connectivity index (χ0) is 19.1. The SMILES string of the molecule is Cc1ccc(NC(=O)CSc2nc(C3CC3)nc3sc(C)c(C)c23)c(C)c1. The minimum Gasteiger partial charge on any atom is -0.325 e. The second-order valence-corrected chi connectivity index (χ2v) is 9.45. The van der Waals surface area contributed by atoms with Crippen molar-refractivity contribution >= 4 is 44.9 Å². The maximum Gasteiger partial charge on any atom is 0.234 e. The van der Waals surface area contributed by atoms with Crippen molar-refractivity contribution in [2.24, 2.45) is 0 Å². The number of fused-ring (bicyclic) bond motifs is 1. The van der Waals surface area contributed by atoms with E-state index in [2.05, 4.69) is 32.2 Å². The fourth-order valence-corrected chi connectivity index (χ4v) is 5.12. The Morgan fingerprint density at radius 2 is 2.00 bits per heavy atom. The smallest absolute Gasteiger partial charge is 0.234 e. The third kappa shape index (κ3) is 3.87. The Bertz CT molecular complexity index is 1040. The van der Waals surface area contributed by atoms with Gasteiger partial charge in [-0.25, -0.2) is 9.97 Å². The highest BCUT2D eigenvalue weighted by Crippen LogP contribution is 2.42. The Hall–Kier alpha value is -1.92. The summed E-state index contributed by atoms with van der Waals surface area (Å²) < 4.78 is 0. The van der Waals surface area contributed by atoms with E-state index < -0.39 is 0 Å². The number of nitrogens with one attached hydrogen (secondary N) is 1. The van der Waals surface area contributed by atoms with Crippen LogP contribution in [0.3, 0.4) is 0 Å². The summed E-state index contributed by atoms with van der Waals surface area (Å²) in [5.74, 6) is 1.79. The summed E-state index contributed by atoms with van der Waals surface area (Å²) in [6, 6.07) is 6.06. The van der Waals surface area contributed by atoms with Crippen molar-refractivity contribution in [2.45, 2.75) is 51.5 Å². The van der Waals surface area contributed by atoms with Crippen molar-refractivity contribution in [1.82, 2.24) is 9.97 Å². The molecule has 140 valence electrons. The molecule has 0 atom stereocenters. The molecule has 27 heavy (non-hydrogen) atoms. The number of nitrogens with zero attached hydrogens (tertiary/aromatic N) is 2. The average molecular weight is 398 g/mol. The first-order valence-corrected chi connectivity index (χ1v) is 11.0. The number of carbonyl (C=O) groups is 1. The molecule has 4 nitrogen and oxygen atoms in total. The standard InChI is InChI=1S/C21H23N3OS2/c1-11-5-8-16(12(2)9-11)22-17(25)10-26-20-18-13(3)14(4)27-21(18)24-19(23-20)15-6-7-15/h5,8-9,15H,6-7,10H2,1-4H3,(H,22,25). The average Bonchev–Trinajstić information content (AvgIpc) is 3.42. The largest absolute Gasteiger partial charge is 0.325 e. The highest BCUT2D eigenvalue weighted by Gasteiger charge is 2.28. The molecule has 0 spiro atoms. The van der Waals surface area contributed by atoms with Gasteiger partial charge in [-0.2, -0.15) is 0 Å². The highest BCUT2D eigenvalue weighted by molar-refractivity contribution is 8.00. The maximum absolute atomic E-state index is 12.5. The molecule has 0 bridgehead atoms. The third-order valence-electron chi connectivity index (χ3n) is 4.95. The van der Waals surface area contributed by atoms with Crippen LogP contribution in [0.4, 0.5) is 5.69 Å². The van der Waals surface area contributed by atoms with E-state index in [1.807, 2.05) is 19.1 Å². The van der Waals surface area contributed by atoms with Crippen LogP contribution in [0.1, 0.15) is 46.2 Å². The van der Waals surface area contributed by atoms with Gasteiger partial charge in [0.05, 0.1) is 5.75 Å². The van der Waals surface area contributed by atoms with Crippen molar-refractivity contribution in [2.75, 3.05) is 11.1 Å². The van der Waals surface area contributed by atoms with Crippen LogP contribution in [0.2, 0.25) is 0 Å². The van der Waals surface area contributed by atoms with E-state index in [1.165, 1.54) is 40.6 Å². The molecular weight excluding hydrogens is 374 g/mol. The molecule has 0 radical (unpaired) electrons. The number of benzene rings is 1. The number of carbonyl (C=O) groups excluding carboxylic acids is 1. The number of thiophene rings is 1. The summed E-state index contributed by atoms with van der Waals surface area (Å²) >= 11 is 3.24. The molecule has 0 unspecified atom stereocenters. The van der Waals surface area contributed by atoms with Gasteiger partial charge in [0, 0.05) is 21.9 Å². The molecule has 0 saturated heterocycles. The molecule has 6 heteroatoms. The number of rotatable bonds is 5. The van der Waals surface area contributed by atoms with Gasteiger partial charge in [0.1, 0.15) is 15.7 Å². The van der Waals surface area contributed by atoms with Gasteiger partial charge in [-0.15, -0.1) is 11.3 Å². The van der Waals surface area contributed by atoms with E-state index in [1.54, 1.807) is 11.3 Å². The summed E-state index contributed by atoms with van der Waals surface area (Å²) in [4.78, 5) is 24.4. The quantitative estimate of drug-likeness (QED) is 0.454. The number of hydrogen-bond donors (Lipinski definition) is 1. The zero-order valence-corrected chi connectivity index (χ0v) is 17.7. The van der Waals surface area contributed by atoms with Crippen LogP contribution in [0, 0.1) is 27.7 Å². The number of anilines is 1. The Morgan fingerprint density at radius 1 is 1.22 bits per heavy atom. The van der Waals surface area contributed by atoms with Crippen LogP contribution >= 0.6 is 23.1 Å². The molecule has 2 heterocycles. The van der Waals surface area contributed by atoms with Crippen molar-refractivity contribution in [3.63, 3.8) is 0 Å². The summed E-state index contributed by atoms with van der Waals surface area (Å²) in [5, 5.41) is 5.09. The lowest BCUT2D eigenvalue weighted by Crippen LogP contribution is -2.15. The van der Waals surface area contributed by atoms with Crippen LogP contribution in [0.15, 0.2) is 23.2 Å². The van der Waals surface area contributed by atoms with Gasteiger partial charge in [0.2, 0.25) is 5.91 Å². The summed E-state index contributed by atoms with van der Waals surface area (Å²) in [5.41, 5.74) is 4.38. The Balaban J connectivity index is 1.55. The van der Waals surface area contributed by atoms with E-state index >= 15 is 0 Å². The minimum absolute atomic E-state index is 0.00343. The van der Waals surface area contributed by atoms with E-state index in [0.29, 0.717) is 11.7 Å². The first-order valence-electron chi connectivity index (χ1n) is 9.20. The molecule has 0 aliphatic heterocycles. The first-order chi connectivity index (χ1) is 12.9. The molecule has 4 rings (SSSR count). The Labute approximate surface area is 167 Å². The van der Waals surface area contributed by atoms with Crippen LogP contribution in [-0.4, -0.2) is 21.6 Å². The fraction of sp³-hybridized carbons (Fsp3) is 0.381. The highest BCUT2D eigenvalue weighted by atomic mass is 32.2. The zero-order valence-electron chi connectivity index (χ0n) is 16.0. The van der Waals surface area contributed by atoms with Gasteiger partial charge in [-0.05, 0) is 57.7 Å². The molecule has 1 N–H and O–H groups in total. The van der Waals surface area contributed by atoms with Gasteiger partial charge < -0.3 is 5.32 Å². The Kier molecular flexibility index (Phi) is 4.95. The van der Waals surface area contributed by atoms with Crippen molar-refractivity contribution in [3.05, 3.63) is 45.6 Å². The molecule has 1 aliphatic carbocycles. The molecule has 1 aromatic carbocycles. The topological polar surface area (TPSA) is 54.9 Å². The molecule has 1 aliphatic rings. The van der Waals surface area contributed by atoms with Crippen molar-refractivity contribution in [3.8, 4) is 0 Å². The summed E-state index contributed by atoms with van der Waals surface area (Å²) in [6.07, 6.45) is 2.35. The monoisotopic (exact) mass is 397 g/mol. The lowest BCUT2D eigenvalue weighted by atomic mass is 10.1. The van der Waals surface area contributed by atoms with Gasteiger partial charge >= 0.3 is 0 Å². The Morgan fingerprint density at radius 3 is 2.70 bits per heavy atom. The molecule has 1 saturated carbocycles. The molecular formula is C21H23N3OS2. The maximum atomic E-state index is 12.5. The van der Waals surface area contributed by atoms with Crippen LogP contribution < -0.4 is 5.32 Å². The van der Waals surface area contributed by atoms with E-state index in [9.17, 15) is 4.79 Å². The van der Waals surface area contributed by atoms with E-state index in [4.69, 9.17) is 9.97 Å². The molecule has 2 aromatic heterocycles. The second kappa shape index (κ2) is 7.24. The van der Waals surface area contributed by atoms with Gasteiger partial charge in [0.25, 0.3) is 0 Å². The molecule has 1 fully saturated rings. The predicted molar refractivity (Wildman–Crippen MR) is 114 cm³/mol. The number of aryl methyl sites for hydroxylation is 4. The van der Waals surface area contributed by atoms with Crippen molar-refractivity contribution in [1.29, 1.82) is 0 Å².